The van der Waals surface area contributed by atoms with Gasteiger partial charge in [-0.2, -0.15) is 0 Å². The van der Waals surface area contributed by atoms with Gasteiger partial charge in [-0.1, -0.05) is 43.3 Å². The number of Topliss-reactive ketones (excluding diaryl/α,β-unsaturated/α-hetero) is 1. The molecule has 78 valence electrons. The zero-order chi connectivity index (χ0) is 11.1. The quantitative estimate of drug-likeness (QED) is 0.635. The summed E-state index contributed by atoms with van der Waals surface area (Å²) in [5, 5.41) is 0. The first kappa shape index (κ1) is 10.2. The number of carbonyl (C=O) groups is 1. The number of benzene rings is 1. The molecular weight excluding hydrogens is 184 g/mol. The molecule has 0 heterocycles. The van der Waals surface area contributed by atoms with Crippen molar-refractivity contribution < 1.29 is 4.79 Å². The maximum absolute atomic E-state index is 12.0. The maximum Gasteiger partial charge on any atom is 0.164 e. The highest BCUT2D eigenvalue weighted by atomic mass is 16.1. The average molecular weight is 200 g/mol. The largest absolute Gasteiger partial charge is 0.294 e. The lowest BCUT2D eigenvalue weighted by atomic mass is 9.69. The Kier molecular flexibility index (Phi) is 2.26. The van der Waals surface area contributed by atoms with E-state index in [2.05, 4.69) is 13.5 Å². The maximum atomic E-state index is 12.0. The van der Waals surface area contributed by atoms with Gasteiger partial charge in [-0.05, 0) is 24.3 Å². The standard InChI is InChI=1S/C14H16O/c1-10(2)14(3)8-11-6-4-5-7-12(11)13(15)9-14/h4-7H,1,8-9H2,2-3H3. The van der Waals surface area contributed by atoms with E-state index in [0.29, 0.717) is 6.42 Å². The molecule has 1 aromatic carbocycles. The van der Waals surface area contributed by atoms with E-state index >= 15 is 0 Å². The predicted molar refractivity (Wildman–Crippen MR) is 62.0 cm³/mol. The smallest absolute Gasteiger partial charge is 0.164 e. The van der Waals surface area contributed by atoms with Gasteiger partial charge in [-0.15, -0.1) is 0 Å². The van der Waals surface area contributed by atoms with Crippen LogP contribution in [0.1, 0.15) is 36.2 Å². The fourth-order valence-corrected chi connectivity index (χ4v) is 2.18. The summed E-state index contributed by atoms with van der Waals surface area (Å²) in [6.45, 7) is 8.15. The summed E-state index contributed by atoms with van der Waals surface area (Å²) in [6.07, 6.45) is 1.53. The van der Waals surface area contributed by atoms with E-state index < -0.39 is 0 Å². The molecule has 1 heteroatoms. The summed E-state index contributed by atoms with van der Waals surface area (Å²) in [5.41, 5.74) is 3.12. The molecule has 1 atom stereocenters. The van der Waals surface area contributed by atoms with Crippen LogP contribution in [0.5, 0.6) is 0 Å². The van der Waals surface area contributed by atoms with Crippen molar-refractivity contribution in [3.05, 3.63) is 47.5 Å². The monoisotopic (exact) mass is 200 g/mol. The van der Waals surface area contributed by atoms with E-state index in [1.54, 1.807) is 0 Å². The molecule has 15 heavy (non-hydrogen) atoms. The van der Waals surface area contributed by atoms with E-state index in [4.69, 9.17) is 0 Å². The summed E-state index contributed by atoms with van der Waals surface area (Å²) in [4.78, 5) is 12.0. The summed E-state index contributed by atoms with van der Waals surface area (Å²) in [6, 6.07) is 7.90. The van der Waals surface area contributed by atoms with Gasteiger partial charge in [0.2, 0.25) is 0 Å². The Bertz CT molecular complexity index is 431. The number of allylic oxidation sites excluding steroid dienone is 1. The lowest BCUT2D eigenvalue weighted by Gasteiger charge is -2.34. The third-order valence-corrected chi connectivity index (χ3v) is 3.48. The van der Waals surface area contributed by atoms with Gasteiger partial charge in [0.25, 0.3) is 0 Å². The second-order valence-electron chi connectivity index (χ2n) is 4.77. The molecule has 0 saturated heterocycles. The third-order valence-electron chi connectivity index (χ3n) is 3.48. The molecule has 1 aromatic rings. The molecule has 0 amide bonds. The normalized spacial score (nSPS) is 24.8. The molecule has 1 nitrogen and oxygen atoms in total. The SMILES string of the molecule is C=C(C)C1(C)CC(=O)c2ccccc2C1. The molecule has 0 aromatic heterocycles. The first-order chi connectivity index (χ1) is 7.03. The molecule has 1 unspecified atom stereocenters. The van der Waals surface area contributed by atoms with Crippen LogP contribution in [0.15, 0.2) is 36.4 Å². The molecule has 0 bridgehead atoms. The highest BCUT2D eigenvalue weighted by Crippen LogP contribution is 2.39. The second-order valence-corrected chi connectivity index (χ2v) is 4.77. The highest BCUT2D eigenvalue weighted by molar-refractivity contribution is 5.99. The molecule has 0 N–H and O–H groups in total. The predicted octanol–water partition coefficient (Wildman–Crippen LogP) is 3.40. The summed E-state index contributed by atoms with van der Waals surface area (Å²) in [7, 11) is 0. The lowest BCUT2D eigenvalue weighted by molar-refractivity contribution is 0.0922. The van der Waals surface area contributed by atoms with E-state index in [1.165, 1.54) is 5.56 Å². The summed E-state index contributed by atoms with van der Waals surface area (Å²) < 4.78 is 0. The molecule has 0 radical (unpaired) electrons. The van der Waals surface area contributed by atoms with Crippen molar-refractivity contribution in [2.75, 3.05) is 0 Å². The number of hydrogen-bond acceptors (Lipinski definition) is 1. The van der Waals surface area contributed by atoms with Gasteiger partial charge in [0.05, 0.1) is 0 Å². The molecular formula is C14H16O. The first-order valence-corrected chi connectivity index (χ1v) is 5.30. The van der Waals surface area contributed by atoms with Crippen LogP contribution in [0.2, 0.25) is 0 Å². The van der Waals surface area contributed by atoms with Crippen molar-refractivity contribution in [1.82, 2.24) is 0 Å². The van der Waals surface area contributed by atoms with Crippen LogP contribution < -0.4 is 0 Å². The van der Waals surface area contributed by atoms with Gasteiger partial charge in [-0.25, -0.2) is 0 Å². The minimum absolute atomic E-state index is 0.0502. The number of fused-ring (bicyclic) bond motifs is 1. The Balaban J connectivity index is 2.47. The number of ketones is 1. The van der Waals surface area contributed by atoms with Gasteiger partial charge in [0, 0.05) is 12.0 Å². The van der Waals surface area contributed by atoms with E-state index in [-0.39, 0.29) is 11.2 Å². The van der Waals surface area contributed by atoms with Crippen molar-refractivity contribution in [3.8, 4) is 0 Å². The average Bonchev–Trinajstić information content (AvgIpc) is 2.17. The van der Waals surface area contributed by atoms with E-state index in [0.717, 1.165) is 17.6 Å². The minimum atomic E-state index is -0.0502. The van der Waals surface area contributed by atoms with Gasteiger partial charge in [-0.3, -0.25) is 4.79 Å². The Morgan fingerprint density at radius 3 is 2.67 bits per heavy atom. The van der Waals surface area contributed by atoms with Gasteiger partial charge >= 0.3 is 0 Å². The van der Waals surface area contributed by atoms with Crippen LogP contribution >= 0.6 is 0 Å². The minimum Gasteiger partial charge on any atom is -0.294 e. The molecule has 2 rings (SSSR count). The van der Waals surface area contributed by atoms with Crippen LogP contribution in [0, 0.1) is 5.41 Å². The summed E-state index contributed by atoms with van der Waals surface area (Å²) in [5.74, 6) is 0.252. The zero-order valence-corrected chi connectivity index (χ0v) is 9.34. The van der Waals surface area contributed by atoms with Gasteiger partial charge < -0.3 is 0 Å². The molecule has 0 fully saturated rings. The Morgan fingerprint density at radius 1 is 1.33 bits per heavy atom. The van der Waals surface area contributed by atoms with Crippen molar-refractivity contribution in [2.24, 2.45) is 5.41 Å². The Morgan fingerprint density at radius 2 is 2.00 bits per heavy atom. The zero-order valence-electron chi connectivity index (χ0n) is 9.34. The topological polar surface area (TPSA) is 17.1 Å². The molecule has 0 saturated carbocycles. The molecule has 0 aliphatic heterocycles. The van der Waals surface area contributed by atoms with Crippen LogP contribution in [-0.4, -0.2) is 5.78 Å². The lowest BCUT2D eigenvalue weighted by Crippen LogP contribution is -2.30. The number of carbonyl (C=O) groups excluding carboxylic acids is 1. The highest BCUT2D eigenvalue weighted by Gasteiger charge is 2.34. The fourth-order valence-electron chi connectivity index (χ4n) is 2.18. The molecule has 0 spiro atoms. The molecule has 1 aliphatic carbocycles. The van der Waals surface area contributed by atoms with Crippen LogP contribution in [0.25, 0.3) is 0 Å². The van der Waals surface area contributed by atoms with Gasteiger partial charge in [0.1, 0.15) is 0 Å². The first-order valence-electron chi connectivity index (χ1n) is 5.30. The van der Waals surface area contributed by atoms with Crippen molar-refractivity contribution in [3.63, 3.8) is 0 Å². The van der Waals surface area contributed by atoms with Crippen LogP contribution in [0.3, 0.4) is 0 Å². The molecule has 1 aliphatic rings. The third kappa shape index (κ3) is 1.63. The van der Waals surface area contributed by atoms with Crippen molar-refractivity contribution in [2.45, 2.75) is 26.7 Å². The van der Waals surface area contributed by atoms with Gasteiger partial charge in [0.15, 0.2) is 5.78 Å². The van der Waals surface area contributed by atoms with E-state index in [9.17, 15) is 4.79 Å². The fraction of sp³-hybridized carbons (Fsp3) is 0.357. The Hall–Kier alpha value is -1.37. The Labute approximate surface area is 90.8 Å². The number of rotatable bonds is 1. The van der Waals surface area contributed by atoms with Crippen LogP contribution in [0.4, 0.5) is 0 Å². The van der Waals surface area contributed by atoms with Crippen LogP contribution in [-0.2, 0) is 6.42 Å². The summed E-state index contributed by atoms with van der Waals surface area (Å²) >= 11 is 0. The van der Waals surface area contributed by atoms with E-state index in [1.807, 2.05) is 31.2 Å². The number of hydrogen-bond donors (Lipinski definition) is 0. The van der Waals surface area contributed by atoms with Crippen molar-refractivity contribution >= 4 is 5.78 Å². The second kappa shape index (κ2) is 3.34. The van der Waals surface area contributed by atoms with Crippen molar-refractivity contribution in [1.29, 1.82) is 0 Å².